The average Bonchev–Trinajstić information content (AvgIpc) is 3.51. The Morgan fingerprint density at radius 3 is 2.34 bits per heavy atom. The standard InChI is InChI=1S/C23H27N5.2C2H6/c1-18(2)23-25-11-14-28(23)17-21-15-20(16-26-21)4-3-19-5-7-22(8-6-19)27-12-9-24-10-13-27;2*1-2/h5-8,11,14-15,18,24H,9-10,12-13,16-17H2,1-2H3;2*1-2H3. The molecule has 0 spiro atoms. The molecule has 2 aliphatic rings. The van der Waals surface area contributed by atoms with Gasteiger partial charge in [-0.3, -0.25) is 4.99 Å². The van der Waals surface area contributed by atoms with Crippen LogP contribution in [0.4, 0.5) is 5.69 Å². The van der Waals surface area contributed by atoms with Crippen molar-refractivity contribution in [2.45, 2.75) is 54.0 Å². The quantitative estimate of drug-likeness (QED) is 0.698. The third-order valence-electron chi connectivity index (χ3n) is 5.11. The molecule has 5 nitrogen and oxygen atoms in total. The lowest BCUT2D eigenvalue weighted by atomic mass is 10.1. The molecule has 32 heavy (non-hydrogen) atoms. The highest BCUT2D eigenvalue weighted by atomic mass is 15.2. The second-order valence-electron chi connectivity index (χ2n) is 7.58. The number of benzene rings is 1. The van der Waals surface area contributed by atoms with Gasteiger partial charge in [0.15, 0.2) is 0 Å². The Balaban J connectivity index is 0.000000860. The molecule has 172 valence electrons. The SMILES string of the molecule is CC.CC.CC(C)c1nccn1CC1=NCC(C#Cc2ccc(N3CCNCC3)cc2)=C1. The third-order valence-corrected chi connectivity index (χ3v) is 5.11. The maximum absolute atomic E-state index is 4.64. The highest BCUT2D eigenvalue weighted by Gasteiger charge is 2.12. The second-order valence-corrected chi connectivity index (χ2v) is 7.58. The van der Waals surface area contributed by atoms with E-state index in [9.17, 15) is 0 Å². The molecule has 0 saturated carbocycles. The van der Waals surface area contributed by atoms with Crippen LogP contribution in [0.25, 0.3) is 0 Å². The number of piperazine rings is 1. The fourth-order valence-corrected chi connectivity index (χ4v) is 3.61. The normalized spacial score (nSPS) is 14.9. The van der Waals surface area contributed by atoms with Gasteiger partial charge in [-0.15, -0.1) is 0 Å². The lowest BCUT2D eigenvalue weighted by molar-refractivity contribution is 0.589. The molecule has 0 unspecified atom stereocenters. The Morgan fingerprint density at radius 2 is 1.69 bits per heavy atom. The fraction of sp³-hybridized carbons (Fsp3) is 0.481. The van der Waals surface area contributed by atoms with Crippen molar-refractivity contribution in [1.82, 2.24) is 14.9 Å². The van der Waals surface area contributed by atoms with Crippen LogP contribution in [0.15, 0.2) is 53.3 Å². The lowest BCUT2D eigenvalue weighted by Crippen LogP contribution is -2.43. The molecule has 1 aromatic heterocycles. The summed E-state index contributed by atoms with van der Waals surface area (Å²) in [5.74, 6) is 8.08. The molecule has 5 heteroatoms. The van der Waals surface area contributed by atoms with E-state index >= 15 is 0 Å². The van der Waals surface area contributed by atoms with Crippen LogP contribution in [0, 0.1) is 11.8 Å². The zero-order valence-corrected chi connectivity index (χ0v) is 20.7. The molecule has 3 heterocycles. The number of aliphatic imine (C=N–C) groups is 1. The molecule has 1 saturated heterocycles. The molecule has 4 rings (SSSR count). The van der Waals surface area contributed by atoms with Gasteiger partial charge in [0.1, 0.15) is 5.82 Å². The van der Waals surface area contributed by atoms with E-state index in [-0.39, 0.29) is 0 Å². The summed E-state index contributed by atoms with van der Waals surface area (Å²) in [4.78, 5) is 11.5. The van der Waals surface area contributed by atoms with Crippen molar-refractivity contribution in [3.05, 3.63) is 59.7 Å². The Labute approximate surface area is 194 Å². The van der Waals surface area contributed by atoms with E-state index in [1.807, 2.05) is 40.1 Å². The molecule has 0 amide bonds. The van der Waals surface area contributed by atoms with Crippen LogP contribution in [-0.2, 0) is 6.54 Å². The van der Waals surface area contributed by atoms with E-state index in [2.05, 4.69) is 80.8 Å². The van der Waals surface area contributed by atoms with Crippen molar-refractivity contribution in [3.63, 3.8) is 0 Å². The number of allylic oxidation sites excluding steroid dienone is 1. The second kappa shape index (κ2) is 13.5. The number of imidazole rings is 1. The van der Waals surface area contributed by atoms with Crippen LogP contribution in [0.3, 0.4) is 0 Å². The van der Waals surface area contributed by atoms with Crippen molar-refractivity contribution in [2.24, 2.45) is 4.99 Å². The maximum atomic E-state index is 4.64. The zero-order valence-electron chi connectivity index (χ0n) is 20.7. The van der Waals surface area contributed by atoms with Gasteiger partial charge in [-0.05, 0) is 30.3 Å². The van der Waals surface area contributed by atoms with Crippen molar-refractivity contribution < 1.29 is 0 Å². The average molecular weight is 434 g/mol. The summed E-state index contributed by atoms with van der Waals surface area (Å²) in [5.41, 5.74) is 4.47. The molecule has 0 radical (unpaired) electrons. The molecule has 1 fully saturated rings. The molecular formula is C27H39N5. The highest BCUT2D eigenvalue weighted by Crippen LogP contribution is 2.16. The number of nitrogens with one attached hydrogen (secondary N) is 1. The summed E-state index contributed by atoms with van der Waals surface area (Å²) in [6, 6.07) is 8.57. The molecule has 0 bridgehead atoms. The summed E-state index contributed by atoms with van der Waals surface area (Å²) in [6.45, 7) is 18.0. The van der Waals surface area contributed by atoms with Crippen molar-refractivity contribution in [2.75, 3.05) is 37.6 Å². The molecule has 2 aliphatic heterocycles. The largest absolute Gasteiger partial charge is 0.369 e. The third kappa shape index (κ3) is 7.10. The summed E-state index contributed by atoms with van der Waals surface area (Å²) < 4.78 is 2.17. The first-order valence-corrected chi connectivity index (χ1v) is 12.0. The molecule has 0 atom stereocenters. The van der Waals surface area contributed by atoms with Crippen LogP contribution < -0.4 is 10.2 Å². The van der Waals surface area contributed by atoms with E-state index in [1.54, 1.807) is 0 Å². The Hall–Kier alpha value is -2.84. The van der Waals surface area contributed by atoms with Crippen molar-refractivity contribution in [1.29, 1.82) is 0 Å². The number of hydrogen-bond donors (Lipinski definition) is 1. The summed E-state index contributed by atoms with van der Waals surface area (Å²) in [7, 11) is 0. The van der Waals surface area contributed by atoms with Crippen LogP contribution in [0.2, 0.25) is 0 Å². The van der Waals surface area contributed by atoms with Crippen molar-refractivity contribution in [3.8, 4) is 11.8 Å². The lowest BCUT2D eigenvalue weighted by Gasteiger charge is -2.29. The number of nitrogens with zero attached hydrogens (tertiary/aromatic N) is 4. The number of rotatable bonds is 4. The zero-order chi connectivity index (χ0) is 23.3. The van der Waals surface area contributed by atoms with Gasteiger partial charge in [0.2, 0.25) is 0 Å². The summed E-state index contributed by atoms with van der Waals surface area (Å²) >= 11 is 0. The number of anilines is 1. The Bertz CT molecular complexity index is 932. The van der Waals surface area contributed by atoms with Gasteiger partial charge >= 0.3 is 0 Å². The van der Waals surface area contributed by atoms with E-state index in [1.165, 1.54) is 5.69 Å². The molecular weight excluding hydrogens is 394 g/mol. The predicted molar refractivity (Wildman–Crippen MR) is 138 cm³/mol. The molecule has 2 aromatic rings. The molecule has 1 aromatic carbocycles. The Kier molecular flexibility index (Phi) is 10.8. The Morgan fingerprint density at radius 1 is 1.00 bits per heavy atom. The van der Waals surface area contributed by atoms with Gasteiger partial charge in [-0.1, -0.05) is 53.4 Å². The van der Waals surface area contributed by atoms with Gasteiger partial charge < -0.3 is 14.8 Å². The predicted octanol–water partition coefficient (Wildman–Crippen LogP) is 4.90. The van der Waals surface area contributed by atoms with Crippen molar-refractivity contribution >= 4 is 11.4 Å². The minimum absolute atomic E-state index is 0.407. The number of hydrogen-bond acceptors (Lipinski definition) is 4. The number of aromatic nitrogens is 2. The highest BCUT2D eigenvalue weighted by molar-refractivity contribution is 5.98. The van der Waals surface area contributed by atoms with E-state index in [0.29, 0.717) is 12.5 Å². The van der Waals surface area contributed by atoms with E-state index in [0.717, 1.165) is 55.4 Å². The van der Waals surface area contributed by atoms with Gasteiger partial charge in [0.25, 0.3) is 0 Å². The first-order chi connectivity index (χ1) is 15.7. The van der Waals surface area contributed by atoms with Crippen LogP contribution in [0.5, 0.6) is 0 Å². The molecule has 1 N–H and O–H groups in total. The van der Waals surface area contributed by atoms with Crippen LogP contribution >= 0.6 is 0 Å². The van der Waals surface area contributed by atoms with Gasteiger partial charge in [0.05, 0.1) is 18.8 Å². The van der Waals surface area contributed by atoms with Crippen LogP contribution in [0.1, 0.15) is 58.8 Å². The monoisotopic (exact) mass is 433 g/mol. The summed E-state index contributed by atoms with van der Waals surface area (Å²) in [6.07, 6.45) is 6.00. The fourth-order valence-electron chi connectivity index (χ4n) is 3.61. The maximum Gasteiger partial charge on any atom is 0.111 e. The summed E-state index contributed by atoms with van der Waals surface area (Å²) in [5, 5.41) is 3.39. The van der Waals surface area contributed by atoms with Gasteiger partial charge in [-0.25, -0.2) is 4.98 Å². The first kappa shape index (κ1) is 25.4. The minimum atomic E-state index is 0.407. The first-order valence-electron chi connectivity index (χ1n) is 12.0. The minimum Gasteiger partial charge on any atom is -0.369 e. The molecule has 0 aliphatic carbocycles. The topological polar surface area (TPSA) is 45.5 Å². The van der Waals surface area contributed by atoms with Crippen LogP contribution in [-0.4, -0.2) is 48.0 Å². The van der Waals surface area contributed by atoms with E-state index < -0.39 is 0 Å². The smallest absolute Gasteiger partial charge is 0.111 e. The van der Waals surface area contributed by atoms with Gasteiger partial charge in [-0.2, -0.15) is 0 Å². The van der Waals surface area contributed by atoms with Gasteiger partial charge in [0, 0.05) is 61.3 Å². The van der Waals surface area contributed by atoms with E-state index in [4.69, 9.17) is 0 Å².